The van der Waals surface area contributed by atoms with Gasteiger partial charge in [-0.05, 0) is 15.9 Å². The van der Waals surface area contributed by atoms with Gasteiger partial charge in [-0.15, -0.1) is 0 Å². The van der Waals surface area contributed by atoms with E-state index in [-0.39, 0.29) is 140 Å². The number of aromatic nitrogens is 4. The quantitative estimate of drug-likeness (QED) is 0.133. The van der Waals surface area contributed by atoms with Crippen molar-refractivity contribution in [3.63, 3.8) is 0 Å². The first-order valence-electron chi connectivity index (χ1n) is 7.97. The fourth-order valence-corrected chi connectivity index (χ4v) is 6.07. The molecule has 36 heavy (non-hydrogen) atoms. The summed E-state index contributed by atoms with van der Waals surface area (Å²) in [5.41, 5.74) is 5.91. The van der Waals surface area contributed by atoms with Crippen LogP contribution in [0.2, 0.25) is 0 Å². The number of phosphoric acid groups is 3. The van der Waals surface area contributed by atoms with Crippen LogP contribution < -0.4 is 144 Å². The number of aliphatic hydroxyl groups excluding tert-OH is 2. The van der Waals surface area contributed by atoms with Crippen molar-refractivity contribution in [2.75, 3.05) is 12.3 Å². The van der Waals surface area contributed by atoms with E-state index in [2.05, 4.69) is 44.0 Å². The van der Waals surface area contributed by atoms with Crippen molar-refractivity contribution in [2.45, 2.75) is 24.5 Å². The number of hydrogen-bond acceptors (Lipinski definition) is 17. The van der Waals surface area contributed by atoms with Crippen LogP contribution in [0.25, 0.3) is 11.2 Å². The van der Waals surface area contributed by atoms with E-state index in [0.29, 0.717) is 0 Å². The van der Waals surface area contributed by atoms with E-state index in [4.69, 9.17) is 10.5 Å². The first kappa shape index (κ1) is 41.3. The molecule has 2 aromatic heterocycles. The second-order valence-corrected chi connectivity index (χ2v) is 11.0. The molecule has 0 radical (unpaired) electrons. The molecule has 0 aliphatic carbocycles. The van der Waals surface area contributed by atoms with Crippen LogP contribution in [0.15, 0.2) is 11.1 Å². The topological polar surface area (TPSA) is 290 Å². The molecule has 1 aliphatic rings. The molecule has 1 saturated heterocycles. The van der Waals surface area contributed by atoms with Crippen molar-refractivity contribution in [3.05, 3.63) is 11.1 Å². The standard InChI is InChI=1S/C10H15BrN5O13P3.4Na/c11-10-15-4-7(12)13-2-14-8(4)16(10)9-6(18)5(17)3(27-9)1-26-31(22,23)29-32(24,25)28-30(19,20)21;;;;/h2-3,5-6,9,17-18H,1H2,(H,22,23)(H,24,25)(H2,12,13,14)(H2,19,20,21);;;;/q;4*+1/p-4/t3-,5?,6+,9-;;;;/m1..../s1. The number of nitrogen functional groups attached to an aromatic ring is 1. The van der Waals surface area contributed by atoms with E-state index in [1.807, 2.05) is 0 Å². The van der Waals surface area contributed by atoms with Crippen LogP contribution in [0, 0.1) is 0 Å². The van der Waals surface area contributed by atoms with Crippen LogP contribution in [-0.2, 0) is 31.6 Å². The fraction of sp³-hybridized carbons (Fsp3) is 0.500. The Bertz CT molecular complexity index is 1170. The molecule has 3 heterocycles. The van der Waals surface area contributed by atoms with Crippen molar-refractivity contribution < 1.29 is 180 Å². The molecule has 26 heteroatoms. The molecule has 6 atom stereocenters. The molecule has 3 rings (SSSR count). The van der Waals surface area contributed by atoms with Crippen LogP contribution >= 0.6 is 39.4 Å². The Balaban J connectivity index is 0. The Morgan fingerprint density at radius 2 is 1.61 bits per heavy atom. The minimum atomic E-state index is -6.15. The zero-order valence-electron chi connectivity index (χ0n) is 19.1. The summed E-state index contributed by atoms with van der Waals surface area (Å²) < 4.78 is 50.5. The molecule has 1 fully saturated rings. The molecule has 0 aromatic carbocycles. The van der Waals surface area contributed by atoms with Crippen molar-refractivity contribution in [1.29, 1.82) is 0 Å². The molecule has 0 bridgehead atoms. The maximum Gasteiger partial charge on any atom is 1.00 e. The summed E-state index contributed by atoms with van der Waals surface area (Å²) >= 11 is 3.11. The summed E-state index contributed by atoms with van der Waals surface area (Å²) in [6.45, 7) is -1.09. The van der Waals surface area contributed by atoms with E-state index in [0.717, 1.165) is 6.33 Å². The van der Waals surface area contributed by atoms with Gasteiger partial charge >= 0.3 is 118 Å². The normalized spacial score (nSPS) is 24.9. The third-order valence-corrected chi connectivity index (χ3v) is 8.08. The van der Waals surface area contributed by atoms with Gasteiger partial charge in [0.2, 0.25) is 0 Å². The molecule has 180 valence electrons. The van der Waals surface area contributed by atoms with Crippen LogP contribution in [0.5, 0.6) is 0 Å². The van der Waals surface area contributed by atoms with Crippen molar-refractivity contribution in [1.82, 2.24) is 19.5 Å². The zero-order chi connectivity index (χ0) is 24.1. The van der Waals surface area contributed by atoms with Gasteiger partial charge < -0.3 is 49.3 Å². The average molecular weight is 674 g/mol. The van der Waals surface area contributed by atoms with E-state index in [9.17, 15) is 43.5 Å². The number of imidazole rings is 1. The molecule has 0 amide bonds. The summed E-state index contributed by atoms with van der Waals surface area (Å²) in [6, 6.07) is 0. The first-order chi connectivity index (χ1) is 14.6. The summed E-state index contributed by atoms with van der Waals surface area (Å²) in [7, 11) is -18.1. The molecule has 18 nitrogen and oxygen atoms in total. The zero-order valence-corrected chi connectivity index (χ0v) is 31.3. The van der Waals surface area contributed by atoms with Gasteiger partial charge in [0.1, 0.15) is 24.6 Å². The van der Waals surface area contributed by atoms with Gasteiger partial charge in [-0.1, -0.05) is 0 Å². The molecule has 2 aromatic rings. The molecule has 4 N–H and O–H groups in total. The number of halogens is 1. The number of anilines is 1. The molecular weight excluding hydrogens is 663 g/mol. The summed E-state index contributed by atoms with van der Waals surface area (Å²) in [5, 5.41) is 20.5. The Hall–Kier alpha value is 3.12. The predicted octanol–water partition coefficient (Wildman–Crippen LogP) is -15.4. The Labute approximate surface area is 299 Å². The summed E-state index contributed by atoms with van der Waals surface area (Å²) in [5.74, 6) is -0.00298. The predicted molar refractivity (Wildman–Crippen MR) is 94.3 cm³/mol. The van der Waals surface area contributed by atoms with E-state index >= 15 is 0 Å². The van der Waals surface area contributed by atoms with Gasteiger partial charge in [0.05, 0.1) is 14.4 Å². The number of hydrogen-bond donors (Lipinski definition) is 3. The first-order valence-corrected chi connectivity index (χ1v) is 13.1. The van der Waals surface area contributed by atoms with Crippen molar-refractivity contribution >= 4 is 56.4 Å². The molecule has 3 unspecified atom stereocenters. The van der Waals surface area contributed by atoms with E-state index in [1.165, 1.54) is 4.57 Å². The second kappa shape index (κ2) is 16.1. The molecule has 1 aliphatic heterocycles. The number of ether oxygens (including phenoxy) is 1. The molecular formula is C10H11BrN5Na4O13P3. The third-order valence-electron chi connectivity index (χ3n) is 3.85. The minimum Gasteiger partial charge on any atom is -0.790 e. The Morgan fingerprint density at radius 3 is 2.17 bits per heavy atom. The fourth-order valence-electron chi connectivity index (χ4n) is 2.65. The Morgan fingerprint density at radius 1 is 1.03 bits per heavy atom. The van der Waals surface area contributed by atoms with Gasteiger partial charge in [0.15, 0.2) is 27.9 Å². The maximum absolute atomic E-state index is 11.6. The average Bonchev–Trinajstić information content (AvgIpc) is 3.08. The Kier molecular flexibility index (Phi) is 18.4. The van der Waals surface area contributed by atoms with Gasteiger partial charge in [-0.3, -0.25) is 18.0 Å². The van der Waals surface area contributed by atoms with Crippen molar-refractivity contribution in [2.24, 2.45) is 0 Å². The number of nitrogens with two attached hydrogens (primary N) is 1. The third kappa shape index (κ3) is 10.7. The van der Waals surface area contributed by atoms with Crippen molar-refractivity contribution in [3.8, 4) is 0 Å². The van der Waals surface area contributed by atoms with E-state index in [1.54, 1.807) is 0 Å². The largest absolute Gasteiger partial charge is 1.00 e. The SMILES string of the molecule is Nc1ncnc2c1nc(Br)n2[C@@H]1O[C@H](COP(=O)([O-])OP(=O)([O-])OP(=O)([O-])[O-])C(O)[C@@H]1O.[Na+].[Na+].[Na+].[Na+]. The monoisotopic (exact) mass is 673 g/mol. The van der Waals surface area contributed by atoms with Gasteiger partial charge in [-0.2, -0.15) is 0 Å². The van der Waals surface area contributed by atoms with E-state index < -0.39 is 54.6 Å². The van der Waals surface area contributed by atoms with Gasteiger partial charge in [0.25, 0.3) is 15.6 Å². The van der Waals surface area contributed by atoms with Crippen LogP contribution in [0.1, 0.15) is 6.23 Å². The molecule has 0 spiro atoms. The smallest absolute Gasteiger partial charge is 0.790 e. The second-order valence-electron chi connectivity index (χ2n) is 6.03. The number of nitrogens with zero attached hydrogens (tertiary/aromatic N) is 4. The van der Waals surface area contributed by atoms with Crippen LogP contribution in [0.3, 0.4) is 0 Å². The number of aliphatic hydroxyl groups is 2. The number of fused-ring (bicyclic) bond motifs is 1. The number of rotatable bonds is 8. The molecule has 0 saturated carbocycles. The van der Waals surface area contributed by atoms with Crippen LogP contribution in [0.4, 0.5) is 5.82 Å². The number of phosphoric ester groups is 1. The maximum atomic E-state index is 11.6. The van der Waals surface area contributed by atoms with Gasteiger partial charge in [0, 0.05) is 0 Å². The minimum absolute atomic E-state index is 0. The van der Waals surface area contributed by atoms with Gasteiger partial charge in [-0.25, -0.2) is 19.3 Å². The summed E-state index contributed by atoms with van der Waals surface area (Å²) in [4.78, 5) is 55.2. The van der Waals surface area contributed by atoms with Crippen LogP contribution in [-0.4, -0.2) is 54.7 Å². The summed E-state index contributed by atoms with van der Waals surface area (Å²) in [6.07, 6.45) is -5.30.